The molecule has 8 nitrogen and oxygen atoms in total. The molecule has 1 amide bonds. The van der Waals surface area contributed by atoms with Crippen LogP contribution in [-0.2, 0) is 11.3 Å². The van der Waals surface area contributed by atoms with Crippen molar-refractivity contribution in [3.63, 3.8) is 0 Å². The molecule has 9 heteroatoms. The van der Waals surface area contributed by atoms with Gasteiger partial charge in [0.1, 0.15) is 17.4 Å². The van der Waals surface area contributed by atoms with Crippen molar-refractivity contribution in [1.82, 2.24) is 9.55 Å². The van der Waals surface area contributed by atoms with E-state index in [0.29, 0.717) is 12.3 Å². The lowest BCUT2D eigenvalue weighted by molar-refractivity contribution is -0.120. The van der Waals surface area contributed by atoms with E-state index in [1.54, 1.807) is 0 Å². The Labute approximate surface area is 168 Å². The van der Waals surface area contributed by atoms with Gasteiger partial charge in [0, 0.05) is 13.1 Å². The van der Waals surface area contributed by atoms with E-state index in [-0.39, 0.29) is 36.5 Å². The second-order valence-electron chi connectivity index (χ2n) is 7.64. The number of rotatable bonds is 8. The molecule has 2 rings (SSSR count). The van der Waals surface area contributed by atoms with Crippen LogP contribution >= 0.6 is 0 Å². The van der Waals surface area contributed by atoms with E-state index in [2.05, 4.69) is 4.98 Å². The lowest BCUT2D eigenvalue weighted by Gasteiger charge is -2.26. The third-order valence-electron chi connectivity index (χ3n) is 4.06. The highest BCUT2D eigenvalue weighted by Gasteiger charge is 2.25. The normalized spacial score (nSPS) is 11.1. The molecule has 0 aliphatic rings. The first-order valence-electron chi connectivity index (χ1n) is 9.41. The number of nitrogen functional groups attached to an aromatic ring is 1. The average molecular weight is 406 g/mol. The molecule has 0 saturated carbocycles. The van der Waals surface area contributed by atoms with Gasteiger partial charge in [-0.05, 0) is 36.1 Å². The van der Waals surface area contributed by atoms with Crippen molar-refractivity contribution >= 4 is 17.4 Å². The zero-order valence-corrected chi connectivity index (χ0v) is 17.1. The van der Waals surface area contributed by atoms with Gasteiger partial charge < -0.3 is 15.4 Å². The number of nitrogens with two attached hydrogens (primary N) is 1. The Morgan fingerprint density at radius 3 is 2.34 bits per heavy atom. The first kappa shape index (κ1) is 22.2. The molecule has 0 radical (unpaired) electrons. The van der Waals surface area contributed by atoms with E-state index in [0.717, 1.165) is 0 Å². The number of carbonyl (C=O) groups is 1. The number of ether oxygens (including phenoxy) is 1. The van der Waals surface area contributed by atoms with Crippen molar-refractivity contribution in [3.8, 4) is 5.75 Å². The maximum Gasteiger partial charge on any atom is 0.330 e. The van der Waals surface area contributed by atoms with Gasteiger partial charge in [0.15, 0.2) is 12.3 Å². The molecule has 0 aliphatic heterocycles. The van der Waals surface area contributed by atoms with Crippen molar-refractivity contribution in [2.45, 2.75) is 34.2 Å². The summed E-state index contributed by atoms with van der Waals surface area (Å²) < 4.78 is 19.7. The van der Waals surface area contributed by atoms with Gasteiger partial charge in [-0.2, -0.15) is 0 Å². The number of nitrogens with one attached hydrogen (secondary N) is 1. The molecule has 1 heterocycles. The number of nitrogens with zero attached hydrogens (tertiary/aromatic N) is 2. The van der Waals surface area contributed by atoms with E-state index >= 15 is 0 Å². The summed E-state index contributed by atoms with van der Waals surface area (Å²) in [6.45, 7) is 7.71. The molecule has 1 aromatic carbocycles. The average Bonchev–Trinajstić information content (AvgIpc) is 2.63. The highest BCUT2D eigenvalue weighted by molar-refractivity contribution is 5.96. The number of aromatic nitrogens is 2. The summed E-state index contributed by atoms with van der Waals surface area (Å²) in [6, 6.07) is 5.24. The zero-order chi connectivity index (χ0) is 21.7. The van der Waals surface area contributed by atoms with Crippen molar-refractivity contribution in [2.24, 2.45) is 11.8 Å². The van der Waals surface area contributed by atoms with Crippen LogP contribution in [0.3, 0.4) is 0 Å². The first-order chi connectivity index (χ1) is 13.6. The highest BCUT2D eigenvalue weighted by Crippen LogP contribution is 2.20. The summed E-state index contributed by atoms with van der Waals surface area (Å²) in [5.74, 6) is -0.551. The second kappa shape index (κ2) is 9.40. The van der Waals surface area contributed by atoms with Crippen LogP contribution < -0.4 is 26.6 Å². The lowest BCUT2D eigenvalue weighted by atomic mass is 10.2. The number of hydrogen-bond acceptors (Lipinski definition) is 5. The third-order valence-corrected chi connectivity index (χ3v) is 4.06. The molecule has 0 atom stereocenters. The Bertz CT molecular complexity index is 964. The molecule has 158 valence electrons. The van der Waals surface area contributed by atoms with E-state index < -0.39 is 23.0 Å². The van der Waals surface area contributed by atoms with Gasteiger partial charge in [0.05, 0.1) is 0 Å². The third kappa shape index (κ3) is 5.69. The number of halogens is 1. The van der Waals surface area contributed by atoms with Gasteiger partial charge in [0.2, 0.25) is 0 Å². The molecule has 0 saturated heterocycles. The lowest BCUT2D eigenvalue weighted by Crippen LogP contribution is -2.44. The molecule has 29 heavy (non-hydrogen) atoms. The Kier molecular flexibility index (Phi) is 7.19. The topological polar surface area (TPSA) is 110 Å². The van der Waals surface area contributed by atoms with Crippen molar-refractivity contribution < 1.29 is 13.9 Å². The van der Waals surface area contributed by atoms with Gasteiger partial charge in [-0.25, -0.2) is 9.18 Å². The Balaban J connectivity index is 2.38. The molecule has 0 spiro atoms. The Morgan fingerprint density at radius 2 is 1.79 bits per heavy atom. The van der Waals surface area contributed by atoms with Crippen LogP contribution in [0.4, 0.5) is 15.9 Å². The van der Waals surface area contributed by atoms with Crippen molar-refractivity contribution in [3.05, 3.63) is 50.9 Å². The SMILES string of the molecule is CC(C)CN(C(=O)COc1ccc(F)cc1)c1c(N)n(CC(C)C)c(=O)[nH]c1=O. The van der Waals surface area contributed by atoms with E-state index in [1.807, 2.05) is 27.7 Å². The van der Waals surface area contributed by atoms with E-state index in [4.69, 9.17) is 10.5 Å². The van der Waals surface area contributed by atoms with Crippen LogP contribution in [0.5, 0.6) is 5.75 Å². The summed E-state index contributed by atoms with van der Waals surface area (Å²) in [6.07, 6.45) is 0. The van der Waals surface area contributed by atoms with Crippen LogP contribution in [0.2, 0.25) is 0 Å². The minimum Gasteiger partial charge on any atom is -0.484 e. The van der Waals surface area contributed by atoms with Gasteiger partial charge in [-0.1, -0.05) is 27.7 Å². The number of benzene rings is 1. The van der Waals surface area contributed by atoms with Crippen LogP contribution in [0.15, 0.2) is 33.9 Å². The monoisotopic (exact) mass is 406 g/mol. The summed E-state index contributed by atoms with van der Waals surface area (Å²) in [5.41, 5.74) is 4.71. The highest BCUT2D eigenvalue weighted by atomic mass is 19.1. The summed E-state index contributed by atoms with van der Waals surface area (Å²) in [4.78, 5) is 41.0. The van der Waals surface area contributed by atoms with Crippen LogP contribution in [0.25, 0.3) is 0 Å². The van der Waals surface area contributed by atoms with Gasteiger partial charge in [-0.3, -0.25) is 19.1 Å². The van der Waals surface area contributed by atoms with Crippen LogP contribution in [0, 0.1) is 17.7 Å². The fourth-order valence-corrected chi connectivity index (χ4v) is 2.82. The number of H-pyrrole nitrogens is 1. The van der Waals surface area contributed by atoms with Gasteiger partial charge in [-0.15, -0.1) is 0 Å². The molecule has 0 aliphatic carbocycles. The minimum atomic E-state index is -0.733. The maximum atomic E-state index is 13.0. The van der Waals surface area contributed by atoms with Crippen molar-refractivity contribution in [1.29, 1.82) is 0 Å². The van der Waals surface area contributed by atoms with Gasteiger partial charge >= 0.3 is 5.69 Å². The van der Waals surface area contributed by atoms with E-state index in [1.165, 1.54) is 33.7 Å². The molecular formula is C20H27FN4O4. The molecular weight excluding hydrogens is 379 g/mol. The standard InChI is InChI=1S/C20H27FN4O4/c1-12(2)9-24(16(26)11-29-15-7-5-14(21)6-8-15)17-18(22)25(10-13(3)4)20(28)23-19(17)27/h5-8,12-13H,9-11,22H2,1-4H3,(H,23,27,28). The Morgan fingerprint density at radius 1 is 1.17 bits per heavy atom. The minimum absolute atomic E-state index is 0.0223. The van der Waals surface area contributed by atoms with Crippen LogP contribution in [-0.4, -0.2) is 28.6 Å². The van der Waals surface area contributed by atoms with Crippen LogP contribution in [0.1, 0.15) is 27.7 Å². The molecule has 2 aromatic rings. The Hall–Kier alpha value is -3.10. The largest absolute Gasteiger partial charge is 0.484 e. The molecule has 0 bridgehead atoms. The molecule has 1 aromatic heterocycles. The molecule has 0 unspecified atom stereocenters. The predicted octanol–water partition coefficient (Wildman–Crippen LogP) is 1.98. The van der Waals surface area contributed by atoms with Crippen molar-refractivity contribution in [2.75, 3.05) is 23.8 Å². The summed E-state index contributed by atoms with van der Waals surface area (Å²) >= 11 is 0. The predicted molar refractivity (Wildman–Crippen MR) is 110 cm³/mol. The second-order valence-corrected chi connectivity index (χ2v) is 7.64. The number of amides is 1. The first-order valence-corrected chi connectivity index (χ1v) is 9.41. The summed E-state index contributed by atoms with van der Waals surface area (Å²) in [7, 11) is 0. The molecule has 3 N–H and O–H groups in total. The maximum absolute atomic E-state index is 13.0. The number of hydrogen-bond donors (Lipinski definition) is 2. The fourth-order valence-electron chi connectivity index (χ4n) is 2.82. The quantitative estimate of drug-likeness (QED) is 0.697. The smallest absolute Gasteiger partial charge is 0.330 e. The number of carbonyl (C=O) groups excluding carboxylic acids is 1. The summed E-state index contributed by atoms with van der Waals surface area (Å²) in [5, 5.41) is 0. The number of aromatic amines is 1. The van der Waals surface area contributed by atoms with E-state index in [9.17, 15) is 18.8 Å². The fraction of sp³-hybridized carbons (Fsp3) is 0.450. The van der Waals surface area contributed by atoms with Gasteiger partial charge in [0.25, 0.3) is 11.5 Å². The number of anilines is 2. The molecule has 0 fully saturated rings. The zero-order valence-electron chi connectivity index (χ0n) is 17.1.